The van der Waals surface area contributed by atoms with E-state index in [1.807, 2.05) is 0 Å². The summed E-state index contributed by atoms with van der Waals surface area (Å²) >= 11 is 0. The number of aliphatic hydroxyl groups excluding tert-OH is 1. The lowest BCUT2D eigenvalue weighted by Crippen LogP contribution is -2.24. The van der Waals surface area contributed by atoms with Gasteiger partial charge < -0.3 is 19.3 Å². The minimum Gasteiger partial charge on any atom is -0.491 e. The minimum atomic E-state index is -0.606. The van der Waals surface area contributed by atoms with E-state index in [-0.39, 0.29) is 6.61 Å². The molecule has 24 heavy (non-hydrogen) atoms. The Labute approximate surface area is 146 Å². The van der Waals surface area contributed by atoms with E-state index < -0.39 is 6.10 Å². The molecular weight excluding hydrogens is 304 g/mol. The van der Waals surface area contributed by atoms with Gasteiger partial charge in [0.25, 0.3) is 0 Å². The third-order valence-electron chi connectivity index (χ3n) is 4.61. The standard InChI is InChI=1S/C20H32O4/c1-4-17-9-15(2)8-16-10-18(17)12-20(11-16)24-14-19(21)13-23-7-5-6-22-3/h10-12,15,17,19,21H,4-9,13-14H2,1-3H3. The maximum absolute atomic E-state index is 9.99. The van der Waals surface area contributed by atoms with Crippen LogP contribution in [0.5, 0.6) is 5.75 Å². The summed E-state index contributed by atoms with van der Waals surface area (Å²) in [6.07, 6.45) is 3.73. The normalized spacial score (nSPS) is 21.3. The Morgan fingerprint density at radius 2 is 2.04 bits per heavy atom. The third-order valence-corrected chi connectivity index (χ3v) is 4.61. The van der Waals surface area contributed by atoms with Crippen LogP contribution in [-0.2, 0) is 15.9 Å². The molecule has 0 heterocycles. The van der Waals surface area contributed by atoms with Gasteiger partial charge in [0, 0.05) is 20.3 Å². The molecule has 1 aromatic rings. The number of ether oxygens (including phenoxy) is 3. The van der Waals surface area contributed by atoms with Crippen molar-refractivity contribution in [1.82, 2.24) is 0 Å². The lowest BCUT2D eigenvalue weighted by molar-refractivity contribution is 0.00679. The first-order chi connectivity index (χ1) is 11.6. The van der Waals surface area contributed by atoms with E-state index in [9.17, 15) is 5.11 Å². The Hall–Kier alpha value is -1.10. The number of rotatable bonds is 10. The second-order valence-corrected chi connectivity index (χ2v) is 6.95. The molecule has 1 aliphatic carbocycles. The van der Waals surface area contributed by atoms with E-state index >= 15 is 0 Å². The van der Waals surface area contributed by atoms with E-state index in [1.54, 1.807) is 7.11 Å². The van der Waals surface area contributed by atoms with Crippen LogP contribution in [0.3, 0.4) is 0 Å². The van der Waals surface area contributed by atoms with Crippen LogP contribution in [0.25, 0.3) is 0 Å². The van der Waals surface area contributed by atoms with Gasteiger partial charge in [0.05, 0.1) is 6.61 Å². The van der Waals surface area contributed by atoms with E-state index in [2.05, 4.69) is 32.0 Å². The quantitative estimate of drug-likeness (QED) is 0.664. The molecule has 2 bridgehead atoms. The predicted octanol–water partition coefficient (Wildman–Crippen LogP) is 3.56. The highest BCUT2D eigenvalue weighted by Gasteiger charge is 2.20. The van der Waals surface area contributed by atoms with Gasteiger partial charge in [-0.25, -0.2) is 0 Å². The molecule has 0 saturated heterocycles. The van der Waals surface area contributed by atoms with Gasteiger partial charge in [0.15, 0.2) is 0 Å². The van der Waals surface area contributed by atoms with Crippen molar-refractivity contribution in [3.8, 4) is 5.75 Å². The van der Waals surface area contributed by atoms with Crippen molar-refractivity contribution in [2.75, 3.05) is 33.5 Å². The minimum absolute atomic E-state index is 0.263. The van der Waals surface area contributed by atoms with Gasteiger partial charge in [-0.05, 0) is 60.8 Å². The summed E-state index contributed by atoms with van der Waals surface area (Å²) in [5.74, 6) is 2.18. The van der Waals surface area contributed by atoms with Gasteiger partial charge in [-0.1, -0.05) is 19.9 Å². The van der Waals surface area contributed by atoms with Crippen LogP contribution in [0.15, 0.2) is 18.2 Å². The fourth-order valence-electron chi connectivity index (χ4n) is 3.40. The molecule has 3 unspecified atom stereocenters. The van der Waals surface area contributed by atoms with Crippen LogP contribution < -0.4 is 4.74 Å². The average molecular weight is 336 g/mol. The van der Waals surface area contributed by atoms with Crippen LogP contribution in [0.1, 0.15) is 50.2 Å². The monoisotopic (exact) mass is 336 g/mol. The zero-order valence-corrected chi connectivity index (χ0v) is 15.3. The molecular formula is C20H32O4. The molecule has 1 N–H and O–H groups in total. The number of benzene rings is 1. The first-order valence-corrected chi connectivity index (χ1v) is 9.13. The largest absolute Gasteiger partial charge is 0.491 e. The Balaban J connectivity index is 1.84. The first-order valence-electron chi connectivity index (χ1n) is 9.13. The highest BCUT2D eigenvalue weighted by Crippen LogP contribution is 2.35. The lowest BCUT2D eigenvalue weighted by atomic mass is 9.90. The number of hydrogen-bond acceptors (Lipinski definition) is 4. The first kappa shape index (κ1) is 19.2. The molecule has 1 aliphatic rings. The second-order valence-electron chi connectivity index (χ2n) is 6.95. The highest BCUT2D eigenvalue weighted by atomic mass is 16.5. The maximum Gasteiger partial charge on any atom is 0.119 e. The van der Waals surface area contributed by atoms with Crippen molar-refractivity contribution in [2.45, 2.75) is 51.6 Å². The number of fused-ring (bicyclic) bond motifs is 2. The molecule has 0 saturated carbocycles. The Morgan fingerprint density at radius 1 is 1.21 bits per heavy atom. The van der Waals surface area contributed by atoms with E-state index in [0.29, 0.717) is 31.7 Å². The molecule has 0 radical (unpaired) electrons. The van der Waals surface area contributed by atoms with Crippen LogP contribution >= 0.6 is 0 Å². The van der Waals surface area contributed by atoms with Crippen LogP contribution in [0.2, 0.25) is 0 Å². The van der Waals surface area contributed by atoms with E-state index in [1.165, 1.54) is 17.5 Å². The molecule has 136 valence electrons. The van der Waals surface area contributed by atoms with E-state index in [0.717, 1.165) is 25.0 Å². The summed E-state index contributed by atoms with van der Waals surface area (Å²) in [5.41, 5.74) is 2.72. The van der Waals surface area contributed by atoms with Gasteiger partial charge in [-0.2, -0.15) is 0 Å². The molecule has 4 heteroatoms. The molecule has 4 nitrogen and oxygen atoms in total. The predicted molar refractivity (Wildman–Crippen MR) is 95.8 cm³/mol. The SMILES string of the molecule is CCC1CC(C)Cc2cc(OCC(O)COCCCOC)cc1c2. The lowest BCUT2D eigenvalue weighted by Gasteiger charge is -2.17. The van der Waals surface area contributed by atoms with Crippen molar-refractivity contribution in [3.63, 3.8) is 0 Å². The third kappa shape index (κ3) is 6.08. The van der Waals surface area contributed by atoms with Gasteiger partial charge in [0.1, 0.15) is 18.5 Å². The second kappa shape index (κ2) is 10.0. The molecule has 2 rings (SSSR count). The Morgan fingerprint density at radius 3 is 2.79 bits per heavy atom. The van der Waals surface area contributed by atoms with Gasteiger partial charge in [-0.3, -0.25) is 0 Å². The zero-order chi connectivity index (χ0) is 17.4. The summed E-state index contributed by atoms with van der Waals surface area (Å²) in [6, 6.07) is 6.58. The van der Waals surface area contributed by atoms with Crippen molar-refractivity contribution < 1.29 is 19.3 Å². The van der Waals surface area contributed by atoms with Gasteiger partial charge in [-0.15, -0.1) is 0 Å². The molecule has 1 aromatic carbocycles. The van der Waals surface area contributed by atoms with E-state index in [4.69, 9.17) is 14.2 Å². The summed E-state index contributed by atoms with van der Waals surface area (Å²) in [6.45, 7) is 6.41. The maximum atomic E-state index is 9.99. The Kier molecular flexibility index (Phi) is 8.03. The highest BCUT2D eigenvalue weighted by molar-refractivity contribution is 5.38. The van der Waals surface area contributed by atoms with Crippen molar-refractivity contribution in [1.29, 1.82) is 0 Å². The van der Waals surface area contributed by atoms with Crippen LogP contribution in [0, 0.1) is 5.92 Å². The van der Waals surface area contributed by atoms with Crippen molar-refractivity contribution in [2.24, 2.45) is 5.92 Å². The summed E-state index contributed by atoms with van der Waals surface area (Å²) < 4.78 is 16.2. The molecule has 0 amide bonds. The molecule has 0 spiro atoms. The summed E-state index contributed by atoms with van der Waals surface area (Å²) in [4.78, 5) is 0. The Bertz CT molecular complexity index is 489. The zero-order valence-electron chi connectivity index (χ0n) is 15.3. The number of aliphatic hydroxyl groups is 1. The molecule has 0 aliphatic heterocycles. The number of hydrogen-bond donors (Lipinski definition) is 1. The van der Waals surface area contributed by atoms with Gasteiger partial charge >= 0.3 is 0 Å². The van der Waals surface area contributed by atoms with Crippen LogP contribution in [-0.4, -0.2) is 44.7 Å². The number of methoxy groups -OCH3 is 1. The average Bonchev–Trinajstić information content (AvgIpc) is 2.67. The van der Waals surface area contributed by atoms with Gasteiger partial charge in [0.2, 0.25) is 0 Å². The smallest absolute Gasteiger partial charge is 0.119 e. The fraction of sp³-hybridized carbons (Fsp3) is 0.700. The molecule has 0 aromatic heterocycles. The molecule has 0 fully saturated rings. The fourth-order valence-corrected chi connectivity index (χ4v) is 3.40. The summed E-state index contributed by atoms with van der Waals surface area (Å²) in [7, 11) is 1.67. The van der Waals surface area contributed by atoms with Crippen molar-refractivity contribution in [3.05, 3.63) is 29.3 Å². The van der Waals surface area contributed by atoms with Crippen molar-refractivity contribution >= 4 is 0 Å². The van der Waals surface area contributed by atoms with Crippen LogP contribution in [0.4, 0.5) is 0 Å². The molecule has 3 atom stereocenters. The topological polar surface area (TPSA) is 47.9 Å². The summed E-state index contributed by atoms with van der Waals surface area (Å²) in [5, 5.41) is 9.99.